The molecule has 0 radical (unpaired) electrons. The number of hydrogen-bond acceptors (Lipinski definition) is 5. The number of benzene rings is 1. The number of pyridine rings is 2. The van der Waals surface area contributed by atoms with Crippen molar-refractivity contribution < 1.29 is 27.6 Å². The molecule has 4 heterocycles. The van der Waals surface area contributed by atoms with Gasteiger partial charge in [0.15, 0.2) is 0 Å². The van der Waals surface area contributed by atoms with Crippen LogP contribution in [0.2, 0.25) is 5.02 Å². The zero-order chi connectivity index (χ0) is 27.4. The molecular formula is C27H20ClF3N4O3. The number of aryl methyl sites for hydroxylation is 2. The highest BCUT2D eigenvalue weighted by atomic mass is 35.5. The summed E-state index contributed by atoms with van der Waals surface area (Å²) in [6.07, 6.45) is -1.87. The number of rotatable bonds is 5. The summed E-state index contributed by atoms with van der Waals surface area (Å²) in [7, 11) is 0. The predicted octanol–water partition coefficient (Wildman–Crippen LogP) is 7.35. The Balaban J connectivity index is 1.92. The number of halogens is 4. The van der Waals surface area contributed by atoms with E-state index in [9.17, 15) is 23.1 Å². The Morgan fingerprint density at radius 1 is 1.08 bits per heavy atom. The lowest BCUT2D eigenvalue weighted by Gasteiger charge is -2.21. The standard InChI is InChI=1S/C27H20ClF3N4O3/c1-13-22(15(3)38-34-13)18-11-21-24(33-12-18)23(16-8-17(26(36)37)10-19(28)9-16)25(27(29,30)31)35(21)14(2)20-6-4-5-7-32-20/h4-12,14H,1-3H3,(H,36,37)/t14-/m0/s1. The number of alkyl halides is 3. The number of carbonyl (C=O) groups is 1. The molecule has 1 aromatic carbocycles. The van der Waals surface area contributed by atoms with Gasteiger partial charge in [-0.15, -0.1) is 0 Å². The summed E-state index contributed by atoms with van der Waals surface area (Å²) < 4.78 is 51.2. The van der Waals surface area contributed by atoms with Crippen LogP contribution in [-0.4, -0.2) is 30.8 Å². The number of aromatic nitrogens is 4. The van der Waals surface area contributed by atoms with E-state index in [1.807, 2.05) is 0 Å². The second kappa shape index (κ2) is 9.29. The Kier molecular flexibility index (Phi) is 6.22. The summed E-state index contributed by atoms with van der Waals surface area (Å²) in [6.45, 7) is 5.06. The molecule has 5 aromatic rings. The van der Waals surface area contributed by atoms with Crippen LogP contribution in [0.5, 0.6) is 0 Å². The minimum absolute atomic E-state index is 0.0148. The minimum atomic E-state index is -4.84. The third-order valence-corrected chi connectivity index (χ3v) is 6.59. The van der Waals surface area contributed by atoms with E-state index in [2.05, 4.69) is 15.1 Å². The van der Waals surface area contributed by atoms with Crippen LogP contribution < -0.4 is 0 Å². The SMILES string of the molecule is Cc1noc(C)c1-c1cnc2c(-c3cc(Cl)cc(C(=O)O)c3)c(C(F)(F)F)n([C@@H](C)c3ccccn3)c2c1. The topological polar surface area (TPSA) is 94.0 Å². The van der Waals surface area contributed by atoms with Crippen LogP contribution in [0.15, 0.2) is 59.4 Å². The molecule has 0 bridgehead atoms. The molecule has 0 spiro atoms. The lowest BCUT2D eigenvalue weighted by molar-refractivity contribution is -0.143. The number of carboxylic acids is 1. The van der Waals surface area contributed by atoms with Crippen molar-refractivity contribution in [3.05, 3.63) is 88.3 Å². The molecule has 4 aromatic heterocycles. The molecule has 0 aliphatic heterocycles. The van der Waals surface area contributed by atoms with Gasteiger partial charge in [0.25, 0.3) is 0 Å². The fourth-order valence-electron chi connectivity index (χ4n) is 4.78. The van der Waals surface area contributed by atoms with Gasteiger partial charge in [-0.3, -0.25) is 9.97 Å². The lowest BCUT2D eigenvalue weighted by atomic mass is 10.0. The van der Waals surface area contributed by atoms with Crippen LogP contribution in [0.3, 0.4) is 0 Å². The Labute approximate surface area is 219 Å². The van der Waals surface area contributed by atoms with E-state index in [0.29, 0.717) is 28.3 Å². The molecule has 7 nitrogen and oxygen atoms in total. The van der Waals surface area contributed by atoms with Gasteiger partial charge in [0.1, 0.15) is 11.5 Å². The quantitative estimate of drug-likeness (QED) is 0.250. The maximum absolute atomic E-state index is 14.9. The number of fused-ring (bicyclic) bond motifs is 1. The van der Waals surface area contributed by atoms with Crippen molar-refractivity contribution in [2.45, 2.75) is 33.0 Å². The summed E-state index contributed by atoms with van der Waals surface area (Å²) in [5.41, 5.74) is 0.816. The maximum Gasteiger partial charge on any atom is 0.432 e. The van der Waals surface area contributed by atoms with Gasteiger partial charge < -0.3 is 14.2 Å². The summed E-state index contributed by atoms with van der Waals surface area (Å²) >= 11 is 6.16. The van der Waals surface area contributed by atoms with Crippen molar-refractivity contribution in [1.29, 1.82) is 0 Å². The largest absolute Gasteiger partial charge is 0.478 e. The summed E-state index contributed by atoms with van der Waals surface area (Å²) in [4.78, 5) is 20.5. The molecular weight excluding hydrogens is 521 g/mol. The van der Waals surface area contributed by atoms with Crippen molar-refractivity contribution in [3.63, 3.8) is 0 Å². The first-order chi connectivity index (χ1) is 18.0. The number of hydrogen-bond donors (Lipinski definition) is 1. The molecule has 0 fully saturated rings. The minimum Gasteiger partial charge on any atom is -0.478 e. The molecule has 1 N–H and O–H groups in total. The van der Waals surface area contributed by atoms with Gasteiger partial charge in [-0.2, -0.15) is 13.2 Å². The molecule has 11 heteroatoms. The molecule has 0 aliphatic carbocycles. The van der Waals surface area contributed by atoms with E-state index in [0.717, 1.165) is 10.6 Å². The highest BCUT2D eigenvalue weighted by Crippen LogP contribution is 2.46. The van der Waals surface area contributed by atoms with E-state index in [4.69, 9.17) is 16.1 Å². The molecule has 1 atom stereocenters. The van der Waals surface area contributed by atoms with Crippen LogP contribution in [0, 0.1) is 13.8 Å². The lowest BCUT2D eigenvalue weighted by Crippen LogP contribution is -2.19. The van der Waals surface area contributed by atoms with Gasteiger partial charge in [0.2, 0.25) is 0 Å². The van der Waals surface area contributed by atoms with E-state index in [1.165, 1.54) is 24.5 Å². The Hall–Kier alpha value is -4.18. The predicted molar refractivity (Wildman–Crippen MR) is 135 cm³/mol. The highest BCUT2D eigenvalue weighted by molar-refractivity contribution is 6.31. The van der Waals surface area contributed by atoms with Crippen molar-refractivity contribution >= 4 is 28.6 Å². The van der Waals surface area contributed by atoms with Crippen molar-refractivity contribution in [2.75, 3.05) is 0 Å². The summed E-state index contributed by atoms with van der Waals surface area (Å²) in [6, 6.07) is 9.41. The number of nitrogens with zero attached hydrogens (tertiary/aromatic N) is 4. The van der Waals surface area contributed by atoms with Crippen LogP contribution in [0.25, 0.3) is 33.3 Å². The number of aromatic carboxylic acids is 1. The smallest absolute Gasteiger partial charge is 0.432 e. The molecule has 5 rings (SSSR count). The molecule has 194 valence electrons. The number of carboxylic acid groups (broad SMARTS) is 1. The molecule has 0 aliphatic rings. The van der Waals surface area contributed by atoms with Crippen molar-refractivity contribution in [2.24, 2.45) is 0 Å². The Bertz CT molecular complexity index is 1670. The van der Waals surface area contributed by atoms with Gasteiger partial charge in [0.05, 0.1) is 34.0 Å². The highest BCUT2D eigenvalue weighted by Gasteiger charge is 2.42. The van der Waals surface area contributed by atoms with Gasteiger partial charge in [0, 0.05) is 34.1 Å². The van der Waals surface area contributed by atoms with Gasteiger partial charge >= 0.3 is 12.1 Å². The van der Waals surface area contributed by atoms with Crippen molar-refractivity contribution in [3.8, 4) is 22.3 Å². The van der Waals surface area contributed by atoms with E-state index < -0.39 is 23.9 Å². The molecule has 0 saturated carbocycles. The van der Waals surface area contributed by atoms with Crippen molar-refractivity contribution in [1.82, 2.24) is 19.7 Å². The second-order valence-electron chi connectivity index (χ2n) is 8.85. The average Bonchev–Trinajstić information content (AvgIpc) is 3.39. The van der Waals surface area contributed by atoms with Gasteiger partial charge in [-0.1, -0.05) is 22.8 Å². The Morgan fingerprint density at radius 2 is 1.84 bits per heavy atom. The summed E-state index contributed by atoms with van der Waals surface area (Å²) in [5, 5.41) is 13.5. The van der Waals surface area contributed by atoms with Gasteiger partial charge in [-0.25, -0.2) is 4.79 Å². The monoisotopic (exact) mass is 540 g/mol. The van der Waals surface area contributed by atoms with E-state index >= 15 is 0 Å². The normalized spacial score (nSPS) is 12.7. The molecule has 38 heavy (non-hydrogen) atoms. The third-order valence-electron chi connectivity index (χ3n) is 6.37. The van der Waals surface area contributed by atoms with Crippen LogP contribution >= 0.6 is 11.6 Å². The van der Waals surface area contributed by atoms with Crippen LogP contribution in [0.4, 0.5) is 13.2 Å². The Morgan fingerprint density at radius 3 is 2.45 bits per heavy atom. The molecule has 0 saturated heterocycles. The second-order valence-corrected chi connectivity index (χ2v) is 9.28. The van der Waals surface area contributed by atoms with Crippen LogP contribution in [-0.2, 0) is 6.18 Å². The molecule has 0 unspecified atom stereocenters. The van der Waals surface area contributed by atoms with E-state index in [1.54, 1.807) is 45.0 Å². The van der Waals surface area contributed by atoms with Crippen LogP contribution in [0.1, 0.15) is 46.2 Å². The maximum atomic E-state index is 14.9. The first-order valence-electron chi connectivity index (χ1n) is 11.5. The van der Waals surface area contributed by atoms with E-state index in [-0.39, 0.29) is 32.7 Å². The first kappa shape index (κ1) is 25.5. The fraction of sp³-hybridized carbons (Fsp3) is 0.185. The summed E-state index contributed by atoms with van der Waals surface area (Å²) in [5.74, 6) is -0.821. The zero-order valence-corrected chi connectivity index (χ0v) is 21.1. The molecule has 0 amide bonds. The third kappa shape index (κ3) is 4.30. The fourth-order valence-corrected chi connectivity index (χ4v) is 5.02. The van der Waals surface area contributed by atoms with Gasteiger partial charge in [-0.05, 0) is 62.7 Å². The first-order valence-corrected chi connectivity index (χ1v) is 11.8. The average molecular weight is 541 g/mol. The zero-order valence-electron chi connectivity index (χ0n) is 20.3.